The predicted molar refractivity (Wildman–Crippen MR) is 134 cm³/mol. The van der Waals surface area contributed by atoms with Crippen molar-refractivity contribution < 1.29 is 23.7 Å². The van der Waals surface area contributed by atoms with Gasteiger partial charge in [-0.05, 0) is 19.3 Å². The molecule has 194 valence electrons. The fourth-order valence-electron chi connectivity index (χ4n) is 4.63. The molecule has 5 nitrogen and oxygen atoms in total. The van der Waals surface area contributed by atoms with Gasteiger partial charge in [-0.15, -0.1) is 0 Å². The molecule has 0 saturated carbocycles. The zero-order valence-electron chi connectivity index (χ0n) is 22.4. The van der Waals surface area contributed by atoms with Gasteiger partial charge in [-0.3, -0.25) is 0 Å². The molecule has 0 aromatic rings. The molecule has 32 heavy (non-hydrogen) atoms. The molecular weight excluding hydrogens is 404 g/mol. The van der Waals surface area contributed by atoms with Crippen molar-refractivity contribution in [2.24, 2.45) is 5.92 Å². The lowest BCUT2D eigenvalue weighted by Gasteiger charge is -2.28. The van der Waals surface area contributed by atoms with Crippen LogP contribution in [0.5, 0.6) is 0 Å². The summed E-state index contributed by atoms with van der Waals surface area (Å²) >= 11 is 0. The molecule has 0 aromatic heterocycles. The lowest BCUT2D eigenvalue weighted by Crippen LogP contribution is -2.35. The van der Waals surface area contributed by atoms with Crippen LogP contribution < -0.4 is 0 Å². The molecule has 0 spiro atoms. The molecule has 0 aliphatic heterocycles. The largest absolute Gasteiger partial charge is 0.356 e. The summed E-state index contributed by atoms with van der Waals surface area (Å²) in [6.07, 6.45) is 22.8. The van der Waals surface area contributed by atoms with Crippen LogP contribution in [0.4, 0.5) is 0 Å². The first kappa shape index (κ1) is 31.8. The molecule has 5 heteroatoms. The number of methoxy groups -OCH3 is 5. The average Bonchev–Trinajstić information content (AvgIpc) is 2.82. The van der Waals surface area contributed by atoms with E-state index >= 15 is 0 Å². The van der Waals surface area contributed by atoms with E-state index in [1.807, 2.05) is 0 Å². The quantitative estimate of drug-likeness (QED) is 0.102. The second kappa shape index (κ2) is 22.6. The highest BCUT2D eigenvalue weighted by molar-refractivity contribution is 4.65. The van der Waals surface area contributed by atoms with Crippen LogP contribution >= 0.6 is 0 Å². The molecule has 0 rings (SSSR count). The van der Waals surface area contributed by atoms with E-state index in [1.54, 1.807) is 35.5 Å². The summed E-state index contributed by atoms with van der Waals surface area (Å²) in [4.78, 5) is 0. The van der Waals surface area contributed by atoms with Crippen LogP contribution in [0.15, 0.2) is 0 Å². The fraction of sp³-hybridized carbons (Fsp3) is 1.00. The molecule has 0 aromatic carbocycles. The van der Waals surface area contributed by atoms with Gasteiger partial charge in [0, 0.05) is 47.9 Å². The Bertz CT molecular complexity index is 361. The van der Waals surface area contributed by atoms with Gasteiger partial charge in [0.25, 0.3) is 5.97 Å². The summed E-state index contributed by atoms with van der Waals surface area (Å²) in [6.45, 7) is 2.28. The minimum Gasteiger partial charge on any atom is -0.356 e. The number of ether oxygens (including phenoxy) is 5. The Morgan fingerprint density at radius 2 is 0.875 bits per heavy atom. The molecule has 0 bridgehead atoms. The van der Waals surface area contributed by atoms with Crippen molar-refractivity contribution in [3.8, 4) is 0 Å². The van der Waals surface area contributed by atoms with Gasteiger partial charge >= 0.3 is 0 Å². The van der Waals surface area contributed by atoms with Gasteiger partial charge in [0.05, 0.1) is 0 Å². The third kappa shape index (κ3) is 15.6. The molecule has 0 N–H and O–H groups in total. The Morgan fingerprint density at radius 1 is 0.500 bits per heavy atom. The predicted octanol–water partition coefficient (Wildman–Crippen LogP) is 7.86. The third-order valence-electron chi connectivity index (χ3n) is 6.77. The van der Waals surface area contributed by atoms with E-state index in [0.29, 0.717) is 5.92 Å². The maximum absolute atomic E-state index is 5.60. The van der Waals surface area contributed by atoms with Gasteiger partial charge in [-0.1, -0.05) is 96.8 Å². The molecule has 0 radical (unpaired) electrons. The molecule has 0 fully saturated rings. The second-order valence-corrected chi connectivity index (χ2v) is 9.17. The van der Waals surface area contributed by atoms with E-state index in [2.05, 4.69) is 6.92 Å². The van der Waals surface area contributed by atoms with Crippen LogP contribution in [0.1, 0.15) is 122 Å². The van der Waals surface area contributed by atoms with Crippen molar-refractivity contribution >= 4 is 0 Å². The van der Waals surface area contributed by atoms with Crippen molar-refractivity contribution in [2.75, 3.05) is 35.5 Å². The van der Waals surface area contributed by atoms with Gasteiger partial charge in [0.2, 0.25) is 0 Å². The summed E-state index contributed by atoms with van der Waals surface area (Å²) < 4.78 is 27.3. The van der Waals surface area contributed by atoms with Gasteiger partial charge < -0.3 is 23.7 Å². The van der Waals surface area contributed by atoms with Crippen LogP contribution in [-0.2, 0) is 23.7 Å². The van der Waals surface area contributed by atoms with Gasteiger partial charge in [0.15, 0.2) is 6.29 Å². The summed E-state index contributed by atoms with van der Waals surface area (Å²) in [6, 6.07) is 0. The highest BCUT2D eigenvalue weighted by atomic mass is 16.9. The fourth-order valence-corrected chi connectivity index (χ4v) is 4.63. The van der Waals surface area contributed by atoms with Crippen molar-refractivity contribution in [3.05, 3.63) is 0 Å². The zero-order chi connectivity index (χ0) is 23.9. The third-order valence-corrected chi connectivity index (χ3v) is 6.77. The topological polar surface area (TPSA) is 46.2 Å². The van der Waals surface area contributed by atoms with E-state index in [1.165, 1.54) is 103 Å². The van der Waals surface area contributed by atoms with Crippen LogP contribution in [0, 0.1) is 5.92 Å². The monoisotopic (exact) mass is 460 g/mol. The minimum absolute atomic E-state index is 0.0477. The molecule has 0 amide bonds. The maximum atomic E-state index is 5.60. The van der Waals surface area contributed by atoms with Gasteiger partial charge in [-0.2, -0.15) is 0 Å². The van der Waals surface area contributed by atoms with Gasteiger partial charge in [0.1, 0.15) is 0 Å². The first-order chi connectivity index (χ1) is 15.6. The lowest BCUT2D eigenvalue weighted by atomic mass is 9.93. The molecule has 0 aliphatic rings. The molecule has 0 aliphatic carbocycles. The van der Waals surface area contributed by atoms with E-state index in [4.69, 9.17) is 23.7 Å². The van der Waals surface area contributed by atoms with Gasteiger partial charge in [-0.25, -0.2) is 0 Å². The number of unbranched alkanes of at least 4 members (excludes halogenated alkanes) is 13. The van der Waals surface area contributed by atoms with Crippen molar-refractivity contribution in [2.45, 2.75) is 135 Å². The molecule has 1 atom stereocenters. The number of hydrogen-bond donors (Lipinski definition) is 0. The first-order valence-corrected chi connectivity index (χ1v) is 13.3. The van der Waals surface area contributed by atoms with Crippen molar-refractivity contribution in [1.29, 1.82) is 0 Å². The highest BCUT2D eigenvalue weighted by Crippen LogP contribution is 2.25. The first-order valence-electron chi connectivity index (χ1n) is 13.3. The van der Waals surface area contributed by atoms with Crippen molar-refractivity contribution in [3.63, 3.8) is 0 Å². The highest BCUT2D eigenvalue weighted by Gasteiger charge is 2.28. The van der Waals surface area contributed by atoms with E-state index < -0.39 is 5.97 Å². The Kier molecular flexibility index (Phi) is 22.4. The van der Waals surface area contributed by atoms with Crippen LogP contribution in [0.25, 0.3) is 0 Å². The van der Waals surface area contributed by atoms with Crippen molar-refractivity contribution in [1.82, 2.24) is 0 Å². The summed E-state index contributed by atoms with van der Waals surface area (Å²) in [5, 5.41) is 0. The molecule has 0 saturated heterocycles. The van der Waals surface area contributed by atoms with Crippen LogP contribution in [0.2, 0.25) is 0 Å². The molecule has 0 heterocycles. The summed E-state index contributed by atoms with van der Waals surface area (Å²) in [5.41, 5.74) is 0. The Morgan fingerprint density at radius 3 is 1.25 bits per heavy atom. The summed E-state index contributed by atoms with van der Waals surface area (Å²) in [5.74, 6) is -0.336. The minimum atomic E-state index is -0.867. The smallest absolute Gasteiger partial charge is 0.282 e. The van der Waals surface area contributed by atoms with Crippen LogP contribution in [-0.4, -0.2) is 47.8 Å². The Balaban J connectivity index is 3.84. The zero-order valence-corrected chi connectivity index (χ0v) is 22.4. The SMILES string of the molecule is CCCCCCCCCC(CCCCCCCCCCC(OC)(OC)OC)C(OC)OC. The number of rotatable bonds is 25. The normalized spacial score (nSPS) is 13.2. The number of hydrogen-bond acceptors (Lipinski definition) is 5. The maximum Gasteiger partial charge on any atom is 0.282 e. The standard InChI is InChI=1S/C27H56O5/c1-7-8-9-10-13-16-19-22-25(26(28-2)29-3)23-20-17-14-11-12-15-18-21-24-27(30-4,31-5)32-6/h25-26H,7-24H2,1-6H3. The average molecular weight is 461 g/mol. The molecule has 1 unspecified atom stereocenters. The Labute approximate surface area is 200 Å². The van der Waals surface area contributed by atoms with E-state index in [9.17, 15) is 0 Å². The Hall–Kier alpha value is -0.200. The van der Waals surface area contributed by atoms with Crippen LogP contribution in [0.3, 0.4) is 0 Å². The van der Waals surface area contributed by atoms with E-state index in [-0.39, 0.29) is 6.29 Å². The summed E-state index contributed by atoms with van der Waals surface area (Å²) in [7, 11) is 8.46. The van der Waals surface area contributed by atoms with E-state index in [0.717, 1.165) is 12.8 Å². The molecular formula is C27H56O5. The lowest BCUT2D eigenvalue weighted by molar-refractivity contribution is -0.355. The second-order valence-electron chi connectivity index (χ2n) is 9.17.